The van der Waals surface area contributed by atoms with Crippen LogP contribution in [0.1, 0.15) is 37.6 Å². The fourth-order valence-electron chi connectivity index (χ4n) is 2.95. The van der Waals surface area contributed by atoms with Crippen molar-refractivity contribution in [1.82, 2.24) is 15.1 Å². The SMILES string of the molecule is CC(=O)Nc1ccc(C(=O)N(CCC(=O)N2CCNCC2)C(C)C)cc1. The number of nitrogens with one attached hydrogen (secondary N) is 2. The summed E-state index contributed by atoms with van der Waals surface area (Å²) in [6.07, 6.45) is 0.327. The highest BCUT2D eigenvalue weighted by molar-refractivity contribution is 5.96. The highest BCUT2D eigenvalue weighted by Gasteiger charge is 2.22. The van der Waals surface area contributed by atoms with Crippen LogP contribution in [0, 0.1) is 0 Å². The summed E-state index contributed by atoms with van der Waals surface area (Å²) in [5.41, 5.74) is 1.20. The number of amides is 3. The number of anilines is 1. The first-order chi connectivity index (χ1) is 12.4. The zero-order valence-corrected chi connectivity index (χ0v) is 15.7. The maximum atomic E-state index is 12.8. The zero-order chi connectivity index (χ0) is 19.1. The Hall–Kier alpha value is -2.41. The largest absolute Gasteiger partial charge is 0.340 e. The number of nitrogens with zero attached hydrogens (tertiary/aromatic N) is 2. The van der Waals surface area contributed by atoms with Crippen LogP contribution in [0.4, 0.5) is 5.69 Å². The molecule has 1 saturated heterocycles. The van der Waals surface area contributed by atoms with Gasteiger partial charge in [0.15, 0.2) is 0 Å². The average molecular weight is 360 g/mol. The van der Waals surface area contributed by atoms with Crippen molar-refractivity contribution in [2.45, 2.75) is 33.2 Å². The van der Waals surface area contributed by atoms with Crippen LogP contribution < -0.4 is 10.6 Å². The molecule has 0 atom stereocenters. The summed E-state index contributed by atoms with van der Waals surface area (Å²) in [6, 6.07) is 6.80. The van der Waals surface area contributed by atoms with Crippen LogP contribution >= 0.6 is 0 Å². The van der Waals surface area contributed by atoms with E-state index in [9.17, 15) is 14.4 Å². The Morgan fingerprint density at radius 3 is 2.31 bits per heavy atom. The molecule has 7 nitrogen and oxygen atoms in total. The van der Waals surface area contributed by atoms with Crippen molar-refractivity contribution in [2.75, 3.05) is 38.0 Å². The molecule has 0 bridgehead atoms. The monoisotopic (exact) mass is 360 g/mol. The van der Waals surface area contributed by atoms with Crippen LogP contribution in [-0.4, -0.2) is 66.3 Å². The molecule has 1 fully saturated rings. The first-order valence-corrected chi connectivity index (χ1v) is 9.05. The summed E-state index contributed by atoms with van der Waals surface area (Å²) in [5, 5.41) is 5.90. The van der Waals surface area contributed by atoms with Gasteiger partial charge in [-0.15, -0.1) is 0 Å². The van der Waals surface area contributed by atoms with Gasteiger partial charge in [-0.2, -0.15) is 0 Å². The standard InChI is InChI=1S/C19H28N4O3/c1-14(2)23(11-8-18(25)22-12-9-20-10-13-22)19(26)16-4-6-17(7-5-16)21-15(3)24/h4-7,14,20H,8-13H2,1-3H3,(H,21,24). The number of carbonyl (C=O) groups excluding carboxylic acids is 3. The molecular formula is C19H28N4O3. The van der Waals surface area contributed by atoms with Crippen molar-refractivity contribution < 1.29 is 14.4 Å². The summed E-state index contributed by atoms with van der Waals surface area (Å²) in [4.78, 5) is 39.8. The number of hydrogen-bond donors (Lipinski definition) is 2. The molecule has 0 aliphatic carbocycles. The van der Waals surface area contributed by atoms with Gasteiger partial charge in [0, 0.05) is 63.4 Å². The molecule has 0 aromatic heterocycles. The molecule has 0 unspecified atom stereocenters. The Bertz CT molecular complexity index is 637. The van der Waals surface area contributed by atoms with Gasteiger partial charge in [-0.3, -0.25) is 14.4 Å². The lowest BCUT2D eigenvalue weighted by molar-refractivity contribution is -0.132. The number of benzene rings is 1. The Labute approximate surface area is 154 Å². The summed E-state index contributed by atoms with van der Waals surface area (Å²) in [7, 11) is 0. The molecule has 1 aromatic carbocycles. The molecule has 0 spiro atoms. The Morgan fingerprint density at radius 2 is 1.77 bits per heavy atom. The highest BCUT2D eigenvalue weighted by atomic mass is 16.2. The van der Waals surface area contributed by atoms with E-state index < -0.39 is 0 Å². The lowest BCUT2D eigenvalue weighted by Gasteiger charge is -2.30. The van der Waals surface area contributed by atoms with E-state index in [1.807, 2.05) is 18.7 Å². The highest BCUT2D eigenvalue weighted by Crippen LogP contribution is 2.14. The average Bonchev–Trinajstić information content (AvgIpc) is 2.62. The van der Waals surface area contributed by atoms with E-state index in [2.05, 4.69) is 10.6 Å². The molecular weight excluding hydrogens is 332 g/mol. The van der Waals surface area contributed by atoms with Gasteiger partial charge in [0.25, 0.3) is 5.91 Å². The van der Waals surface area contributed by atoms with Gasteiger partial charge in [0.1, 0.15) is 0 Å². The summed E-state index contributed by atoms with van der Waals surface area (Å²) in [5.74, 6) is -0.173. The normalized spacial score (nSPS) is 14.2. The molecule has 2 rings (SSSR count). The lowest BCUT2D eigenvalue weighted by atomic mass is 10.1. The first kappa shape index (κ1) is 19.9. The van der Waals surface area contributed by atoms with Gasteiger partial charge >= 0.3 is 0 Å². The van der Waals surface area contributed by atoms with Gasteiger partial charge in [0.05, 0.1) is 0 Å². The second-order valence-corrected chi connectivity index (χ2v) is 6.73. The van der Waals surface area contributed by atoms with E-state index in [1.54, 1.807) is 29.2 Å². The Balaban J connectivity index is 1.98. The molecule has 1 aromatic rings. The number of hydrogen-bond acceptors (Lipinski definition) is 4. The van der Waals surface area contributed by atoms with E-state index in [-0.39, 0.29) is 23.8 Å². The van der Waals surface area contributed by atoms with Crippen LogP contribution in [0.2, 0.25) is 0 Å². The van der Waals surface area contributed by atoms with Crippen LogP contribution in [0.3, 0.4) is 0 Å². The lowest BCUT2D eigenvalue weighted by Crippen LogP contribution is -2.47. The van der Waals surface area contributed by atoms with Crippen LogP contribution in [0.5, 0.6) is 0 Å². The summed E-state index contributed by atoms with van der Waals surface area (Å²) in [6.45, 7) is 8.80. The Kier molecular flexibility index (Phi) is 7.15. The smallest absolute Gasteiger partial charge is 0.254 e. The van der Waals surface area contributed by atoms with Crippen molar-refractivity contribution >= 4 is 23.4 Å². The molecule has 1 aliphatic rings. The number of piperazine rings is 1. The van der Waals surface area contributed by atoms with Crippen LogP contribution in [0.15, 0.2) is 24.3 Å². The van der Waals surface area contributed by atoms with Gasteiger partial charge in [0.2, 0.25) is 11.8 Å². The van der Waals surface area contributed by atoms with E-state index in [1.165, 1.54) is 6.92 Å². The number of carbonyl (C=O) groups is 3. The van der Waals surface area contributed by atoms with Gasteiger partial charge in [-0.25, -0.2) is 0 Å². The number of rotatable bonds is 6. The quantitative estimate of drug-likeness (QED) is 0.802. The predicted molar refractivity (Wildman–Crippen MR) is 101 cm³/mol. The Morgan fingerprint density at radius 1 is 1.15 bits per heavy atom. The molecule has 1 heterocycles. The fourth-order valence-corrected chi connectivity index (χ4v) is 2.95. The second kappa shape index (κ2) is 9.33. The van der Waals surface area contributed by atoms with E-state index in [0.29, 0.717) is 24.2 Å². The van der Waals surface area contributed by atoms with Gasteiger partial charge in [-0.05, 0) is 38.1 Å². The zero-order valence-electron chi connectivity index (χ0n) is 15.7. The van der Waals surface area contributed by atoms with Crippen molar-refractivity contribution in [1.29, 1.82) is 0 Å². The minimum Gasteiger partial charge on any atom is -0.340 e. The minimum atomic E-state index is -0.153. The third kappa shape index (κ3) is 5.56. The van der Waals surface area contributed by atoms with E-state index in [4.69, 9.17) is 0 Å². The summed E-state index contributed by atoms with van der Waals surface area (Å²) >= 11 is 0. The minimum absolute atomic E-state index is 0.00616. The molecule has 1 aliphatic heterocycles. The van der Waals surface area contributed by atoms with Crippen molar-refractivity contribution in [3.05, 3.63) is 29.8 Å². The van der Waals surface area contributed by atoms with Crippen LogP contribution in [0.25, 0.3) is 0 Å². The van der Waals surface area contributed by atoms with Crippen LogP contribution in [-0.2, 0) is 9.59 Å². The molecule has 142 valence electrons. The third-order valence-corrected chi connectivity index (χ3v) is 4.37. The van der Waals surface area contributed by atoms with E-state index >= 15 is 0 Å². The third-order valence-electron chi connectivity index (χ3n) is 4.37. The topological polar surface area (TPSA) is 81.8 Å². The molecule has 26 heavy (non-hydrogen) atoms. The van der Waals surface area contributed by atoms with E-state index in [0.717, 1.165) is 26.2 Å². The fraction of sp³-hybridized carbons (Fsp3) is 0.526. The maximum Gasteiger partial charge on any atom is 0.254 e. The van der Waals surface area contributed by atoms with Gasteiger partial charge in [-0.1, -0.05) is 0 Å². The van der Waals surface area contributed by atoms with Crippen molar-refractivity contribution in [3.8, 4) is 0 Å². The molecule has 7 heteroatoms. The molecule has 2 N–H and O–H groups in total. The maximum absolute atomic E-state index is 12.8. The van der Waals surface area contributed by atoms with Gasteiger partial charge < -0.3 is 20.4 Å². The second-order valence-electron chi connectivity index (χ2n) is 6.73. The van der Waals surface area contributed by atoms with Crippen molar-refractivity contribution in [3.63, 3.8) is 0 Å². The molecule has 0 radical (unpaired) electrons. The predicted octanol–water partition coefficient (Wildman–Crippen LogP) is 1.32. The summed E-state index contributed by atoms with van der Waals surface area (Å²) < 4.78 is 0. The van der Waals surface area contributed by atoms with Crippen molar-refractivity contribution in [2.24, 2.45) is 0 Å². The molecule has 0 saturated carbocycles. The first-order valence-electron chi connectivity index (χ1n) is 9.05. The molecule has 3 amide bonds.